The maximum Gasteiger partial charge on any atom is 0.114 e. The molecule has 1 heterocycles. The third-order valence-corrected chi connectivity index (χ3v) is 4.09. The molecule has 0 saturated heterocycles. The molecule has 0 aromatic carbocycles. The molecule has 1 aromatic rings. The van der Waals surface area contributed by atoms with Gasteiger partial charge in [0.25, 0.3) is 0 Å². The van der Waals surface area contributed by atoms with Crippen molar-refractivity contribution in [1.29, 1.82) is 0 Å². The van der Waals surface area contributed by atoms with E-state index in [0.29, 0.717) is 4.99 Å². The first-order chi connectivity index (χ1) is 7.75. The second kappa shape index (κ2) is 7.80. The van der Waals surface area contributed by atoms with E-state index in [4.69, 9.17) is 18.0 Å². The van der Waals surface area contributed by atoms with Crippen molar-refractivity contribution in [3.05, 3.63) is 21.9 Å². The molecule has 1 nitrogen and oxygen atoms in total. The smallest absolute Gasteiger partial charge is 0.114 e. The summed E-state index contributed by atoms with van der Waals surface area (Å²) in [4.78, 5) is 1.67. The third-order valence-electron chi connectivity index (χ3n) is 2.77. The van der Waals surface area contributed by atoms with Crippen molar-refractivity contribution in [2.75, 3.05) is 0 Å². The molecule has 0 amide bonds. The number of thiocarbonyl (C=S) groups is 1. The zero-order valence-corrected chi connectivity index (χ0v) is 11.6. The summed E-state index contributed by atoms with van der Waals surface area (Å²) in [6.07, 6.45) is 9.14. The number of aryl methyl sites for hydroxylation is 1. The first-order valence-electron chi connectivity index (χ1n) is 6.12. The molecule has 0 aliphatic rings. The molecule has 90 valence electrons. The lowest BCUT2D eigenvalue weighted by Gasteiger charge is -2.02. The van der Waals surface area contributed by atoms with Crippen LogP contribution in [0.3, 0.4) is 0 Å². The third kappa shape index (κ3) is 4.62. The second-order valence-corrected chi connectivity index (χ2v) is 5.51. The average molecular weight is 255 g/mol. The average Bonchev–Trinajstić information content (AvgIpc) is 2.71. The summed E-state index contributed by atoms with van der Waals surface area (Å²) >= 11 is 6.69. The van der Waals surface area contributed by atoms with Crippen LogP contribution in [0.5, 0.6) is 0 Å². The van der Waals surface area contributed by atoms with Gasteiger partial charge in [-0.25, -0.2) is 0 Å². The van der Waals surface area contributed by atoms with Crippen LogP contribution in [0.25, 0.3) is 0 Å². The number of rotatable bonds is 8. The van der Waals surface area contributed by atoms with Gasteiger partial charge in [-0.2, -0.15) is 0 Å². The lowest BCUT2D eigenvalue weighted by atomic mass is 10.1. The van der Waals surface area contributed by atoms with Gasteiger partial charge in [-0.15, -0.1) is 11.3 Å². The van der Waals surface area contributed by atoms with E-state index in [-0.39, 0.29) is 0 Å². The molecule has 1 rings (SSSR count). The van der Waals surface area contributed by atoms with Gasteiger partial charge in [-0.1, -0.05) is 51.2 Å². The van der Waals surface area contributed by atoms with Crippen LogP contribution in [-0.4, -0.2) is 4.99 Å². The van der Waals surface area contributed by atoms with Crippen LogP contribution < -0.4 is 5.73 Å². The number of unbranched alkanes of at least 4 members (excludes halogenated alkanes) is 5. The van der Waals surface area contributed by atoms with Gasteiger partial charge in [0.2, 0.25) is 0 Å². The summed E-state index contributed by atoms with van der Waals surface area (Å²) in [5, 5.41) is 2.08. The zero-order valence-electron chi connectivity index (χ0n) is 10.00. The van der Waals surface area contributed by atoms with Crippen LogP contribution in [0.4, 0.5) is 0 Å². The Morgan fingerprint density at radius 2 is 1.94 bits per heavy atom. The van der Waals surface area contributed by atoms with Crippen molar-refractivity contribution in [3.63, 3.8) is 0 Å². The van der Waals surface area contributed by atoms with E-state index < -0.39 is 0 Å². The van der Waals surface area contributed by atoms with E-state index in [1.54, 1.807) is 11.3 Å². The van der Waals surface area contributed by atoms with Gasteiger partial charge in [0, 0.05) is 0 Å². The van der Waals surface area contributed by atoms with Gasteiger partial charge >= 0.3 is 0 Å². The van der Waals surface area contributed by atoms with Crippen LogP contribution in [-0.2, 0) is 6.42 Å². The predicted octanol–water partition coefficient (Wildman–Crippen LogP) is 4.29. The van der Waals surface area contributed by atoms with E-state index in [2.05, 4.69) is 18.4 Å². The molecule has 0 spiro atoms. The highest BCUT2D eigenvalue weighted by molar-refractivity contribution is 7.81. The summed E-state index contributed by atoms with van der Waals surface area (Å²) < 4.78 is 0. The van der Waals surface area contributed by atoms with E-state index in [9.17, 15) is 0 Å². The van der Waals surface area contributed by atoms with E-state index >= 15 is 0 Å². The second-order valence-electron chi connectivity index (χ2n) is 4.16. The fraction of sp³-hybridized carbons (Fsp3) is 0.615. The van der Waals surface area contributed by atoms with Gasteiger partial charge in [0.15, 0.2) is 0 Å². The maximum atomic E-state index is 5.67. The number of nitrogens with two attached hydrogens (primary N) is 1. The molecular formula is C13H21NS2. The minimum absolute atomic E-state index is 0.552. The minimum Gasteiger partial charge on any atom is -0.389 e. The van der Waals surface area contributed by atoms with E-state index in [0.717, 1.165) is 11.3 Å². The monoisotopic (exact) mass is 255 g/mol. The Morgan fingerprint density at radius 1 is 1.25 bits per heavy atom. The number of hydrogen-bond acceptors (Lipinski definition) is 2. The Balaban J connectivity index is 2.21. The molecule has 0 unspecified atom stereocenters. The molecule has 0 atom stereocenters. The van der Waals surface area contributed by atoms with Crippen molar-refractivity contribution in [1.82, 2.24) is 0 Å². The summed E-state index contributed by atoms with van der Waals surface area (Å²) in [5.41, 5.74) is 7.01. The Hall–Kier alpha value is -0.410. The van der Waals surface area contributed by atoms with Crippen LogP contribution >= 0.6 is 23.6 Å². The lowest BCUT2D eigenvalue weighted by Crippen LogP contribution is -2.09. The standard InChI is InChI=1S/C13H21NS2/c1-2-3-4-5-6-7-8-11-9-10-16-12(11)13(14)15/h9-10H,2-8H2,1H3,(H2,14,15). The van der Waals surface area contributed by atoms with Crippen LogP contribution in [0.2, 0.25) is 0 Å². The molecule has 3 heteroatoms. The number of thiophene rings is 1. The lowest BCUT2D eigenvalue weighted by molar-refractivity contribution is 0.608. The van der Waals surface area contributed by atoms with Crippen LogP contribution in [0.15, 0.2) is 11.4 Å². The molecular weight excluding hydrogens is 234 g/mol. The highest BCUT2D eigenvalue weighted by Gasteiger charge is 2.05. The van der Waals surface area contributed by atoms with E-state index in [1.807, 2.05) is 0 Å². The van der Waals surface area contributed by atoms with Crippen molar-refractivity contribution < 1.29 is 0 Å². The molecule has 0 saturated carbocycles. The Bertz CT molecular complexity index is 317. The van der Waals surface area contributed by atoms with Gasteiger partial charge in [-0.05, 0) is 29.9 Å². The van der Waals surface area contributed by atoms with Crippen molar-refractivity contribution >= 4 is 28.5 Å². The van der Waals surface area contributed by atoms with E-state index in [1.165, 1.54) is 44.1 Å². The fourth-order valence-corrected chi connectivity index (χ4v) is 2.93. The Morgan fingerprint density at radius 3 is 2.62 bits per heavy atom. The van der Waals surface area contributed by atoms with Crippen LogP contribution in [0.1, 0.15) is 55.9 Å². The molecule has 0 aliphatic heterocycles. The Kier molecular flexibility index (Phi) is 6.65. The fourth-order valence-electron chi connectivity index (χ4n) is 1.84. The molecule has 2 N–H and O–H groups in total. The summed E-state index contributed by atoms with van der Waals surface area (Å²) in [6, 6.07) is 2.16. The van der Waals surface area contributed by atoms with Gasteiger partial charge < -0.3 is 5.73 Å². The first-order valence-corrected chi connectivity index (χ1v) is 7.40. The SMILES string of the molecule is CCCCCCCCc1ccsc1C(N)=S. The van der Waals surface area contributed by atoms with Crippen molar-refractivity contribution in [2.24, 2.45) is 5.73 Å². The van der Waals surface area contributed by atoms with Gasteiger partial charge in [-0.3, -0.25) is 0 Å². The molecule has 1 aromatic heterocycles. The van der Waals surface area contributed by atoms with Crippen molar-refractivity contribution in [2.45, 2.75) is 51.9 Å². The predicted molar refractivity (Wildman–Crippen MR) is 77.3 cm³/mol. The largest absolute Gasteiger partial charge is 0.389 e. The topological polar surface area (TPSA) is 26.0 Å². The first kappa shape index (κ1) is 13.7. The summed E-state index contributed by atoms with van der Waals surface area (Å²) in [5.74, 6) is 0. The van der Waals surface area contributed by atoms with Gasteiger partial charge in [0.1, 0.15) is 4.99 Å². The summed E-state index contributed by atoms with van der Waals surface area (Å²) in [6.45, 7) is 2.25. The molecule has 0 aliphatic carbocycles. The van der Waals surface area contributed by atoms with Crippen LogP contribution in [0, 0.1) is 0 Å². The van der Waals surface area contributed by atoms with Crippen molar-refractivity contribution in [3.8, 4) is 0 Å². The quantitative estimate of drug-likeness (QED) is 0.554. The van der Waals surface area contributed by atoms with Gasteiger partial charge in [0.05, 0.1) is 4.88 Å². The Labute approximate surface area is 108 Å². The molecule has 0 bridgehead atoms. The molecule has 0 fully saturated rings. The normalized spacial score (nSPS) is 10.6. The summed E-state index contributed by atoms with van der Waals surface area (Å²) in [7, 11) is 0. The zero-order chi connectivity index (χ0) is 11.8. The molecule has 16 heavy (non-hydrogen) atoms. The highest BCUT2D eigenvalue weighted by atomic mass is 32.1. The highest BCUT2D eigenvalue weighted by Crippen LogP contribution is 2.19. The maximum absolute atomic E-state index is 5.67. The molecule has 0 radical (unpaired) electrons. The number of hydrogen-bond donors (Lipinski definition) is 1. The minimum atomic E-state index is 0.552.